The quantitative estimate of drug-likeness (QED) is 0.155. The van der Waals surface area contributed by atoms with Crippen LogP contribution < -0.4 is 24.8 Å². The van der Waals surface area contributed by atoms with Gasteiger partial charge in [-0.3, -0.25) is 0 Å². The van der Waals surface area contributed by atoms with Gasteiger partial charge in [0.15, 0.2) is 0 Å². The maximum atomic E-state index is 3.38. The van der Waals surface area contributed by atoms with Gasteiger partial charge in [0, 0.05) is 0 Å². The van der Waals surface area contributed by atoms with Crippen LogP contribution in [0.4, 0.5) is 0 Å². The van der Waals surface area contributed by atoms with Crippen LogP contribution in [0.5, 0.6) is 0 Å². The Hall–Kier alpha value is -3.48. The largest absolute Gasteiger partial charge is 2.00 e. The minimum atomic E-state index is 0. The van der Waals surface area contributed by atoms with Crippen molar-refractivity contribution < 1.29 is 51.0 Å². The van der Waals surface area contributed by atoms with Gasteiger partial charge in [0.05, 0.1) is 0 Å². The average molecular weight is 851 g/mol. The number of rotatable bonds is 4. The Morgan fingerprint density at radius 3 is 1.12 bits per heavy atom. The zero-order chi connectivity index (χ0) is 36.0. The molecule has 2 aliphatic rings. The normalized spacial score (nSPS) is 14.5. The number of hydrogen-bond acceptors (Lipinski definition) is 0. The van der Waals surface area contributed by atoms with Crippen molar-refractivity contribution in [2.75, 3.05) is 0 Å². The molecule has 286 valence electrons. The molecule has 0 amide bonds. The number of hydrogen-bond donors (Lipinski definition) is 0. The van der Waals surface area contributed by atoms with Crippen LogP contribution in [0.3, 0.4) is 0 Å². The van der Waals surface area contributed by atoms with Gasteiger partial charge in [-0.05, 0) is 70.2 Å². The Bertz CT molecular complexity index is 2250. The van der Waals surface area contributed by atoms with Crippen molar-refractivity contribution in [2.45, 2.75) is 82.5 Å². The van der Waals surface area contributed by atoms with E-state index in [0.717, 1.165) is 18.3 Å². The fraction of sp³-hybridized carbons (Fsp3) is 0.245. The van der Waals surface area contributed by atoms with Crippen LogP contribution in [0.1, 0.15) is 93.6 Å². The molecule has 3 heteroatoms. The molecule has 0 heterocycles. The summed E-state index contributed by atoms with van der Waals surface area (Å²) < 4.78 is 0. The first-order valence-electron chi connectivity index (χ1n) is 20.2. The van der Waals surface area contributed by atoms with E-state index in [0.29, 0.717) is 0 Å². The zero-order valence-corrected chi connectivity index (χ0v) is 36.4. The Kier molecular flexibility index (Phi) is 16.2. The van der Waals surface area contributed by atoms with Crippen molar-refractivity contribution >= 4 is 43.1 Å². The molecule has 10 rings (SSSR count). The summed E-state index contributed by atoms with van der Waals surface area (Å²) in [7, 11) is 0. The second-order valence-electron chi connectivity index (χ2n) is 15.3. The number of fused-ring (bicyclic) bond motifs is 4. The van der Waals surface area contributed by atoms with E-state index in [4.69, 9.17) is 0 Å². The van der Waals surface area contributed by atoms with Gasteiger partial charge >= 0.3 is 26.2 Å². The third kappa shape index (κ3) is 9.45. The molecule has 0 radical (unpaired) electrons. The van der Waals surface area contributed by atoms with Crippen molar-refractivity contribution in [3.05, 3.63) is 171 Å². The summed E-state index contributed by atoms with van der Waals surface area (Å²) in [5.41, 5.74) is 8.56. The molecule has 0 unspecified atom stereocenters. The molecule has 0 saturated heterocycles. The van der Waals surface area contributed by atoms with E-state index in [-0.39, 0.29) is 51.0 Å². The van der Waals surface area contributed by atoms with Crippen LogP contribution >= 0.6 is 0 Å². The predicted octanol–water partition coefficient (Wildman–Crippen LogP) is 9.90. The molecule has 2 saturated carbocycles. The van der Waals surface area contributed by atoms with E-state index < -0.39 is 0 Å². The SMILES string of the molecule is [CH2-]C[CH2-].[Cl-].[Cl-].[Zr+2].c1ccc2c(-c3cccc4[cH-]c(C5CCCCC5)cc34)cccc2c1.c1ccc2c(-c3cccc4[cH-]c(C5CCCCC5)cc34)cccc2c1. The van der Waals surface area contributed by atoms with Gasteiger partial charge in [0.2, 0.25) is 0 Å². The summed E-state index contributed by atoms with van der Waals surface area (Å²) in [6, 6.07) is 54.1. The number of benzene rings is 6. The summed E-state index contributed by atoms with van der Waals surface area (Å²) in [6.45, 7) is 6.75. The summed E-state index contributed by atoms with van der Waals surface area (Å²) in [5, 5.41) is 10.9. The maximum absolute atomic E-state index is 3.38. The fourth-order valence-electron chi connectivity index (χ4n) is 9.25. The van der Waals surface area contributed by atoms with Crippen LogP contribution in [0.25, 0.3) is 65.3 Å². The van der Waals surface area contributed by atoms with Crippen molar-refractivity contribution in [1.82, 2.24) is 0 Å². The van der Waals surface area contributed by atoms with E-state index in [1.54, 1.807) is 11.1 Å². The minimum Gasteiger partial charge on any atom is -1.00 e. The van der Waals surface area contributed by atoms with Crippen LogP contribution in [0.2, 0.25) is 0 Å². The molecule has 2 fully saturated rings. The molecule has 0 N–H and O–H groups in total. The van der Waals surface area contributed by atoms with Crippen molar-refractivity contribution in [3.63, 3.8) is 0 Å². The van der Waals surface area contributed by atoms with E-state index >= 15 is 0 Å². The predicted molar refractivity (Wildman–Crippen MR) is 232 cm³/mol. The van der Waals surface area contributed by atoms with Crippen molar-refractivity contribution in [2.24, 2.45) is 0 Å². The van der Waals surface area contributed by atoms with Gasteiger partial charge in [-0.25, -0.2) is 0 Å². The van der Waals surface area contributed by atoms with Crippen molar-refractivity contribution in [3.8, 4) is 22.3 Å². The molecule has 0 nitrogen and oxygen atoms in total. The molecule has 0 aliphatic heterocycles. The third-order valence-corrected chi connectivity index (χ3v) is 11.9. The molecule has 2 aliphatic carbocycles. The van der Waals surface area contributed by atoms with Gasteiger partial charge in [-0.15, -0.1) is 69.1 Å². The minimum absolute atomic E-state index is 0. The summed E-state index contributed by atoms with van der Waals surface area (Å²) in [4.78, 5) is 0. The average Bonchev–Trinajstić information content (AvgIpc) is 3.87. The molecule has 8 aromatic carbocycles. The van der Waals surface area contributed by atoms with Gasteiger partial charge in [0.1, 0.15) is 0 Å². The Morgan fingerprint density at radius 2 is 0.732 bits per heavy atom. The summed E-state index contributed by atoms with van der Waals surface area (Å²) in [6.07, 6.45) is 14.6. The molecule has 8 aromatic rings. The van der Waals surface area contributed by atoms with Crippen LogP contribution in [0, 0.1) is 13.8 Å². The first-order valence-corrected chi connectivity index (χ1v) is 20.2. The van der Waals surface area contributed by atoms with Crippen molar-refractivity contribution in [1.29, 1.82) is 0 Å². The van der Waals surface area contributed by atoms with Gasteiger partial charge in [-0.2, -0.15) is 12.1 Å². The molecule has 56 heavy (non-hydrogen) atoms. The number of halogens is 2. The Labute approximate surface area is 366 Å². The van der Waals surface area contributed by atoms with Gasteiger partial charge in [-0.1, -0.05) is 147 Å². The smallest absolute Gasteiger partial charge is 1.00 e. The Balaban J connectivity index is 0.000000191. The second kappa shape index (κ2) is 20.8. The summed E-state index contributed by atoms with van der Waals surface area (Å²) in [5.74, 6) is 1.53. The molecular weight excluding hydrogens is 799 g/mol. The second-order valence-corrected chi connectivity index (χ2v) is 15.3. The standard InChI is InChI=1S/2C25H23.C3H6.2ClH.Zr/c2*1-2-8-18(9-3-1)21-16-20-12-7-15-24(25(20)17-21)23-14-6-11-19-10-4-5-13-22(19)23;1-3-2;;;/h2*4-7,10-18H,1-3,8-9H2;1-3H2;2*1H;/q2*-1;-2;;;+2/p-2. The van der Waals surface area contributed by atoms with Crippen LogP contribution in [-0.4, -0.2) is 0 Å². The van der Waals surface area contributed by atoms with E-state index in [2.05, 4.69) is 159 Å². The molecule has 0 spiro atoms. The van der Waals surface area contributed by atoms with Gasteiger partial charge in [0.25, 0.3) is 0 Å². The van der Waals surface area contributed by atoms with Crippen LogP contribution in [0.15, 0.2) is 146 Å². The molecule has 0 atom stereocenters. The summed E-state index contributed by atoms with van der Waals surface area (Å²) >= 11 is 0. The third-order valence-electron chi connectivity index (χ3n) is 11.9. The first-order chi connectivity index (χ1) is 26.2. The fourth-order valence-corrected chi connectivity index (χ4v) is 9.25. The van der Waals surface area contributed by atoms with E-state index in [1.165, 1.54) is 130 Å². The first kappa shape index (κ1) is 43.6. The van der Waals surface area contributed by atoms with Crippen LogP contribution in [-0.2, 0) is 26.2 Å². The maximum Gasteiger partial charge on any atom is 2.00 e. The topological polar surface area (TPSA) is 0 Å². The Morgan fingerprint density at radius 1 is 0.411 bits per heavy atom. The monoisotopic (exact) mass is 848 g/mol. The van der Waals surface area contributed by atoms with Gasteiger partial charge < -0.3 is 45.1 Å². The van der Waals surface area contributed by atoms with E-state index in [1.807, 2.05) is 0 Å². The zero-order valence-electron chi connectivity index (χ0n) is 32.5. The van der Waals surface area contributed by atoms with E-state index in [9.17, 15) is 0 Å². The molecule has 0 bridgehead atoms. The molecule has 0 aromatic heterocycles. The molecular formula is C53H52Cl2Zr-4.